The molecule has 0 amide bonds. The van der Waals surface area contributed by atoms with E-state index in [1.807, 2.05) is 12.2 Å². The Labute approximate surface area is 83.7 Å². The Balaban J connectivity index is 2.23. The van der Waals surface area contributed by atoms with Crippen molar-refractivity contribution in [2.45, 2.75) is 18.7 Å². The zero-order valence-electron chi connectivity index (χ0n) is 7.72. The maximum atomic E-state index is 10.6. The number of rotatable bonds is 4. The van der Waals surface area contributed by atoms with Crippen LogP contribution in [0.15, 0.2) is 23.8 Å². The molecule has 0 spiro atoms. The molecule has 0 aromatic carbocycles. The van der Waals surface area contributed by atoms with Crippen LogP contribution in [0.5, 0.6) is 0 Å². The molecule has 2 nitrogen and oxygen atoms in total. The van der Waals surface area contributed by atoms with E-state index in [4.69, 9.17) is 11.6 Å². The van der Waals surface area contributed by atoms with Gasteiger partial charge >= 0.3 is 0 Å². The Morgan fingerprint density at radius 1 is 1.77 bits per heavy atom. The number of allylic oxidation sites excluding steroid dienone is 2. The molecule has 3 heteroatoms. The van der Waals surface area contributed by atoms with Crippen molar-refractivity contribution in [3.8, 4) is 0 Å². The first kappa shape index (κ1) is 10.5. The number of Topliss-reactive ketones (excluding diaryl/α,β-unsaturated/α-hetero) is 1. The number of ketones is 1. The molecule has 1 aliphatic rings. The number of hydrogen-bond acceptors (Lipinski definition) is 2. The fraction of sp³-hybridized carbons (Fsp3) is 0.500. The van der Waals surface area contributed by atoms with E-state index >= 15 is 0 Å². The van der Waals surface area contributed by atoms with E-state index in [9.17, 15) is 4.79 Å². The SMILES string of the molecule is CC(=O)CNCC1=CC[C@@H](Cl)C=C1. The maximum absolute atomic E-state index is 10.6. The second-order valence-corrected chi connectivity index (χ2v) is 3.76. The molecular weight excluding hydrogens is 186 g/mol. The molecule has 1 rings (SSSR count). The van der Waals surface area contributed by atoms with Crippen molar-refractivity contribution in [2.75, 3.05) is 13.1 Å². The summed E-state index contributed by atoms with van der Waals surface area (Å²) in [4.78, 5) is 10.6. The van der Waals surface area contributed by atoms with Gasteiger partial charge in [0, 0.05) is 6.54 Å². The molecule has 0 aromatic rings. The maximum Gasteiger partial charge on any atom is 0.143 e. The third kappa shape index (κ3) is 4.25. The minimum Gasteiger partial charge on any atom is -0.306 e. The summed E-state index contributed by atoms with van der Waals surface area (Å²) in [6, 6.07) is 0. The Kier molecular flexibility index (Phi) is 4.19. The molecule has 13 heavy (non-hydrogen) atoms. The number of alkyl halides is 1. The average molecular weight is 200 g/mol. The largest absolute Gasteiger partial charge is 0.306 e. The lowest BCUT2D eigenvalue weighted by Gasteiger charge is -2.10. The van der Waals surface area contributed by atoms with Crippen molar-refractivity contribution >= 4 is 17.4 Å². The zero-order chi connectivity index (χ0) is 9.68. The van der Waals surface area contributed by atoms with Gasteiger partial charge < -0.3 is 5.32 Å². The summed E-state index contributed by atoms with van der Waals surface area (Å²) in [5, 5.41) is 3.19. The average Bonchev–Trinajstić information content (AvgIpc) is 2.08. The second kappa shape index (κ2) is 5.20. The summed E-state index contributed by atoms with van der Waals surface area (Å²) in [7, 11) is 0. The van der Waals surface area contributed by atoms with Gasteiger partial charge in [-0.2, -0.15) is 0 Å². The highest BCUT2D eigenvalue weighted by Crippen LogP contribution is 2.14. The molecule has 0 unspecified atom stereocenters. The Bertz CT molecular complexity index is 245. The van der Waals surface area contributed by atoms with E-state index in [0.717, 1.165) is 13.0 Å². The number of halogens is 1. The van der Waals surface area contributed by atoms with Crippen LogP contribution in [0, 0.1) is 0 Å². The first-order chi connectivity index (χ1) is 6.18. The Morgan fingerprint density at radius 2 is 2.54 bits per heavy atom. The van der Waals surface area contributed by atoms with Gasteiger partial charge in [-0.05, 0) is 18.9 Å². The van der Waals surface area contributed by atoms with Crippen molar-refractivity contribution in [1.82, 2.24) is 5.32 Å². The third-order valence-electron chi connectivity index (χ3n) is 1.83. The Morgan fingerprint density at radius 3 is 3.08 bits per heavy atom. The molecule has 0 aliphatic heterocycles. The monoisotopic (exact) mass is 199 g/mol. The lowest BCUT2D eigenvalue weighted by atomic mass is 10.1. The summed E-state index contributed by atoms with van der Waals surface area (Å²) >= 11 is 5.86. The van der Waals surface area contributed by atoms with Gasteiger partial charge in [0.15, 0.2) is 0 Å². The normalized spacial score (nSPS) is 21.4. The lowest BCUT2D eigenvalue weighted by Crippen LogP contribution is -2.23. The predicted octanol–water partition coefficient (Wildman–Crippen LogP) is 1.66. The molecule has 1 N–H and O–H groups in total. The molecule has 0 fully saturated rings. The van der Waals surface area contributed by atoms with Gasteiger partial charge in [-0.1, -0.05) is 18.2 Å². The van der Waals surface area contributed by atoms with Crippen LogP contribution in [0.4, 0.5) is 0 Å². The van der Waals surface area contributed by atoms with E-state index in [2.05, 4.69) is 11.4 Å². The van der Waals surface area contributed by atoms with Crippen LogP contribution in [0.1, 0.15) is 13.3 Å². The number of carbonyl (C=O) groups excluding carboxylic acids is 1. The first-order valence-electron chi connectivity index (χ1n) is 4.40. The standard InChI is InChI=1S/C10H14ClNO/c1-8(13)6-12-7-9-2-4-10(11)5-3-9/h2-4,10,12H,5-7H2,1H3/t10-/m0/s1. The molecule has 0 aromatic heterocycles. The van der Waals surface area contributed by atoms with Crippen molar-refractivity contribution in [3.05, 3.63) is 23.8 Å². The van der Waals surface area contributed by atoms with Crippen LogP contribution in [-0.2, 0) is 4.79 Å². The summed E-state index contributed by atoms with van der Waals surface area (Å²) in [6.07, 6.45) is 6.97. The molecule has 0 saturated carbocycles. The minimum atomic E-state index is 0.136. The van der Waals surface area contributed by atoms with Crippen molar-refractivity contribution in [1.29, 1.82) is 0 Å². The van der Waals surface area contributed by atoms with Gasteiger partial charge in [0.2, 0.25) is 0 Å². The van der Waals surface area contributed by atoms with E-state index in [1.54, 1.807) is 6.92 Å². The number of hydrogen-bond donors (Lipinski definition) is 1. The van der Waals surface area contributed by atoms with Crippen molar-refractivity contribution in [2.24, 2.45) is 0 Å². The number of nitrogens with one attached hydrogen (secondary N) is 1. The minimum absolute atomic E-state index is 0.136. The van der Waals surface area contributed by atoms with E-state index in [1.165, 1.54) is 5.57 Å². The predicted molar refractivity (Wildman–Crippen MR) is 55.0 cm³/mol. The van der Waals surface area contributed by atoms with Crippen LogP contribution in [0.2, 0.25) is 0 Å². The summed E-state index contributed by atoms with van der Waals surface area (Å²) in [5.41, 5.74) is 1.21. The smallest absolute Gasteiger partial charge is 0.143 e. The molecule has 1 atom stereocenters. The molecule has 0 radical (unpaired) electrons. The quantitative estimate of drug-likeness (QED) is 0.698. The number of carbonyl (C=O) groups is 1. The van der Waals surface area contributed by atoms with Crippen LogP contribution in [-0.4, -0.2) is 24.2 Å². The van der Waals surface area contributed by atoms with Crippen molar-refractivity contribution in [3.63, 3.8) is 0 Å². The van der Waals surface area contributed by atoms with Crippen molar-refractivity contribution < 1.29 is 4.79 Å². The van der Waals surface area contributed by atoms with E-state index in [-0.39, 0.29) is 11.2 Å². The summed E-state index contributed by atoms with van der Waals surface area (Å²) in [5.74, 6) is 0.163. The van der Waals surface area contributed by atoms with Gasteiger partial charge in [-0.25, -0.2) is 0 Å². The molecule has 0 bridgehead atoms. The fourth-order valence-corrected chi connectivity index (χ4v) is 1.31. The zero-order valence-corrected chi connectivity index (χ0v) is 8.47. The van der Waals surface area contributed by atoms with Gasteiger partial charge in [0.25, 0.3) is 0 Å². The van der Waals surface area contributed by atoms with Gasteiger partial charge in [-0.15, -0.1) is 11.6 Å². The van der Waals surface area contributed by atoms with Gasteiger partial charge in [0.1, 0.15) is 5.78 Å². The lowest BCUT2D eigenvalue weighted by molar-refractivity contribution is -0.116. The van der Waals surface area contributed by atoms with Crippen LogP contribution < -0.4 is 5.32 Å². The first-order valence-corrected chi connectivity index (χ1v) is 4.83. The van der Waals surface area contributed by atoms with E-state index in [0.29, 0.717) is 6.54 Å². The molecule has 72 valence electrons. The van der Waals surface area contributed by atoms with Crippen LogP contribution >= 0.6 is 11.6 Å². The summed E-state index contributed by atoms with van der Waals surface area (Å²) in [6.45, 7) is 2.77. The van der Waals surface area contributed by atoms with Gasteiger partial charge in [0.05, 0.1) is 11.9 Å². The van der Waals surface area contributed by atoms with Gasteiger partial charge in [-0.3, -0.25) is 4.79 Å². The molecule has 0 heterocycles. The second-order valence-electron chi connectivity index (χ2n) is 3.20. The highest BCUT2D eigenvalue weighted by molar-refractivity contribution is 6.22. The highest BCUT2D eigenvalue weighted by atomic mass is 35.5. The van der Waals surface area contributed by atoms with E-state index < -0.39 is 0 Å². The summed E-state index contributed by atoms with van der Waals surface area (Å²) < 4.78 is 0. The highest BCUT2D eigenvalue weighted by Gasteiger charge is 2.04. The molecule has 1 aliphatic carbocycles. The molecular formula is C10H14ClNO. The van der Waals surface area contributed by atoms with Crippen LogP contribution in [0.25, 0.3) is 0 Å². The Hall–Kier alpha value is -0.600. The van der Waals surface area contributed by atoms with Crippen LogP contribution in [0.3, 0.4) is 0 Å². The third-order valence-corrected chi connectivity index (χ3v) is 2.15. The molecule has 0 saturated heterocycles. The topological polar surface area (TPSA) is 29.1 Å². The fourth-order valence-electron chi connectivity index (χ4n) is 1.15.